The predicted octanol–water partition coefficient (Wildman–Crippen LogP) is 5.42. The highest BCUT2D eigenvalue weighted by Gasteiger charge is 2.44. The van der Waals surface area contributed by atoms with E-state index in [9.17, 15) is 9.59 Å². The summed E-state index contributed by atoms with van der Waals surface area (Å²) in [5, 5.41) is 0.0860. The predicted molar refractivity (Wildman–Crippen MR) is 138 cm³/mol. The number of ether oxygens (including phenoxy) is 1. The Hall–Kier alpha value is -1.93. The Kier molecular flexibility index (Phi) is 7.26. The van der Waals surface area contributed by atoms with Crippen molar-refractivity contribution in [1.29, 1.82) is 0 Å². The lowest BCUT2D eigenvalue weighted by Gasteiger charge is -2.43. The van der Waals surface area contributed by atoms with Crippen LogP contribution >= 0.6 is 0 Å². The number of fused-ring (bicyclic) bond motifs is 3. The van der Waals surface area contributed by atoms with E-state index in [1.54, 1.807) is 4.90 Å². The number of hydrogen-bond acceptors (Lipinski definition) is 6. The minimum absolute atomic E-state index is 0.0860. The first-order valence-corrected chi connectivity index (χ1v) is 15.4. The van der Waals surface area contributed by atoms with Crippen molar-refractivity contribution in [3.05, 3.63) is 22.9 Å². The van der Waals surface area contributed by atoms with Crippen molar-refractivity contribution in [2.24, 2.45) is 5.92 Å². The molecule has 2 aliphatic heterocycles. The summed E-state index contributed by atoms with van der Waals surface area (Å²) in [7, 11) is -2.06. The van der Waals surface area contributed by atoms with Crippen molar-refractivity contribution in [1.82, 2.24) is 9.88 Å². The molecule has 3 rings (SSSR count). The standard InChI is InChI=1S/C26H43N3O4Si/c1-17(2)26(7,8)34(9,10)32-16-22-20(15-30)11-19-12-21-14-28(24(31)33-25(4,5)6)13-18(3)29(21)23(19)27-22/h11,15,17-18,21H,12-14,16H2,1-10H3/t18-,21-/m1/s1. The van der Waals surface area contributed by atoms with Gasteiger partial charge >= 0.3 is 6.09 Å². The van der Waals surface area contributed by atoms with Crippen LogP contribution in [0.4, 0.5) is 10.6 Å². The van der Waals surface area contributed by atoms with Crippen LogP contribution in [0.2, 0.25) is 18.1 Å². The highest BCUT2D eigenvalue weighted by Crippen LogP contribution is 2.45. The Labute approximate surface area is 206 Å². The average molecular weight is 490 g/mol. The Bertz CT molecular complexity index is 939. The fourth-order valence-corrected chi connectivity index (χ4v) is 7.04. The van der Waals surface area contributed by atoms with Crippen LogP contribution in [0.5, 0.6) is 0 Å². The monoisotopic (exact) mass is 489 g/mol. The molecule has 7 nitrogen and oxygen atoms in total. The van der Waals surface area contributed by atoms with E-state index in [1.165, 1.54) is 0 Å². The zero-order valence-electron chi connectivity index (χ0n) is 22.7. The van der Waals surface area contributed by atoms with Crippen LogP contribution in [0.1, 0.15) is 77.0 Å². The van der Waals surface area contributed by atoms with Crippen LogP contribution in [0.3, 0.4) is 0 Å². The van der Waals surface area contributed by atoms with Gasteiger partial charge in [-0.25, -0.2) is 9.78 Å². The number of nitrogens with zero attached hydrogens (tertiary/aromatic N) is 3. The van der Waals surface area contributed by atoms with Gasteiger partial charge < -0.3 is 19.0 Å². The number of anilines is 1. The maximum atomic E-state index is 12.7. The van der Waals surface area contributed by atoms with Gasteiger partial charge in [0.2, 0.25) is 0 Å². The summed E-state index contributed by atoms with van der Waals surface area (Å²) >= 11 is 0. The molecule has 0 N–H and O–H groups in total. The minimum atomic E-state index is -2.06. The summed E-state index contributed by atoms with van der Waals surface area (Å²) in [4.78, 5) is 33.7. The molecule has 0 aliphatic carbocycles. The van der Waals surface area contributed by atoms with Crippen molar-refractivity contribution in [2.45, 2.75) is 104 Å². The van der Waals surface area contributed by atoms with Gasteiger partial charge in [-0.05, 0) is 69.8 Å². The van der Waals surface area contributed by atoms with Crippen molar-refractivity contribution < 1.29 is 18.8 Å². The van der Waals surface area contributed by atoms with Crippen LogP contribution in [0.25, 0.3) is 0 Å². The SMILES string of the molecule is CC(C)C(C)(C)[Si](C)(C)OCc1nc2c(cc1C=O)C[C@@H]1CN(C(=O)OC(C)(C)C)C[C@@H](C)N21. The molecule has 190 valence electrons. The van der Waals surface area contributed by atoms with Crippen molar-refractivity contribution in [3.8, 4) is 0 Å². The first-order chi connectivity index (χ1) is 15.6. The molecule has 0 saturated carbocycles. The fourth-order valence-electron chi connectivity index (χ4n) is 4.78. The maximum Gasteiger partial charge on any atom is 0.410 e. The molecule has 0 radical (unpaired) electrons. The van der Waals surface area contributed by atoms with Crippen LogP contribution in [0, 0.1) is 5.92 Å². The number of aromatic nitrogens is 1. The zero-order valence-corrected chi connectivity index (χ0v) is 23.7. The van der Waals surface area contributed by atoms with Gasteiger partial charge in [0.05, 0.1) is 18.3 Å². The second-order valence-electron chi connectivity index (χ2n) is 12.3. The lowest BCUT2D eigenvalue weighted by atomic mass is 9.99. The van der Waals surface area contributed by atoms with E-state index in [2.05, 4.69) is 52.6 Å². The molecule has 34 heavy (non-hydrogen) atoms. The third kappa shape index (κ3) is 5.17. The Morgan fingerprint density at radius 2 is 1.88 bits per heavy atom. The number of carbonyl (C=O) groups excluding carboxylic acids is 2. The quantitative estimate of drug-likeness (QED) is 0.392. The number of aldehydes is 1. The van der Waals surface area contributed by atoms with Gasteiger partial charge in [0.25, 0.3) is 0 Å². The Morgan fingerprint density at radius 1 is 1.24 bits per heavy atom. The normalized spacial score (nSPS) is 20.9. The molecular weight excluding hydrogens is 446 g/mol. The number of amides is 1. The van der Waals surface area contributed by atoms with E-state index in [1.807, 2.05) is 26.8 Å². The van der Waals surface area contributed by atoms with E-state index in [0.29, 0.717) is 36.9 Å². The van der Waals surface area contributed by atoms with Gasteiger partial charge in [-0.1, -0.05) is 27.7 Å². The first kappa shape index (κ1) is 26.7. The zero-order chi connectivity index (χ0) is 25.6. The van der Waals surface area contributed by atoms with E-state index in [4.69, 9.17) is 14.1 Å². The number of carbonyl (C=O) groups is 2. The second-order valence-corrected chi connectivity index (χ2v) is 16.9. The molecule has 1 aromatic heterocycles. The van der Waals surface area contributed by atoms with Gasteiger partial charge in [-0.3, -0.25) is 4.79 Å². The Morgan fingerprint density at radius 3 is 2.44 bits per heavy atom. The minimum Gasteiger partial charge on any atom is -0.444 e. The summed E-state index contributed by atoms with van der Waals surface area (Å²) in [5.74, 6) is 1.42. The molecule has 1 amide bonds. The van der Waals surface area contributed by atoms with E-state index in [-0.39, 0.29) is 23.2 Å². The summed E-state index contributed by atoms with van der Waals surface area (Å²) in [6, 6.07) is 2.20. The van der Waals surface area contributed by atoms with E-state index < -0.39 is 13.9 Å². The van der Waals surface area contributed by atoms with Gasteiger partial charge in [0.15, 0.2) is 14.6 Å². The molecule has 1 fully saturated rings. The maximum absolute atomic E-state index is 12.7. The lowest BCUT2D eigenvalue weighted by Crippen LogP contribution is -2.58. The van der Waals surface area contributed by atoms with E-state index >= 15 is 0 Å². The van der Waals surface area contributed by atoms with Gasteiger partial charge in [-0.2, -0.15) is 0 Å². The van der Waals surface area contributed by atoms with E-state index in [0.717, 1.165) is 24.1 Å². The molecule has 2 aliphatic rings. The number of hydrogen-bond donors (Lipinski definition) is 0. The molecule has 3 heterocycles. The van der Waals surface area contributed by atoms with Crippen molar-refractivity contribution in [2.75, 3.05) is 18.0 Å². The fraction of sp³-hybridized carbons (Fsp3) is 0.731. The van der Waals surface area contributed by atoms with Gasteiger partial charge in [0.1, 0.15) is 11.4 Å². The Balaban J connectivity index is 1.82. The number of piperazine rings is 1. The highest BCUT2D eigenvalue weighted by atomic mass is 28.4. The largest absolute Gasteiger partial charge is 0.444 e. The van der Waals surface area contributed by atoms with Crippen molar-refractivity contribution >= 4 is 26.5 Å². The van der Waals surface area contributed by atoms with Crippen LogP contribution < -0.4 is 4.90 Å². The van der Waals surface area contributed by atoms with Gasteiger partial charge in [-0.15, -0.1) is 0 Å². The molecule has 8 heteroatoms. The number of pyridine rings is 1. The molecule has 1 aromatic rings. The molecule has 0 unspecified atom stereocenters. The second kappa shape index (κ2) is 9.26. The summed E-state index contributed by atoms with van der Waals surface area (Å²) in [5.41, 5.74) is 1.85. The van der Waals surface area contributed by atoms with Crippen LogP contribution in [-0.4, -0.2) is 61.4 Å². The molecule has 0 spiro atoms. The lowest BCUT2D eigenvalue weighted by molar-refractivity contribution is 0.0191. The van der Waals surface area contributed by atoms with Crippen LogP contribution in [-0.2, 0) is 22.2 Å². The molecule has 0 bridgehead atoms. The summed E-state index contributed by atoms with van der Waals surface area (Å²) in [6.07, 6.45) is 1.38. The van der Waals surface area contributed by atoms with Crippen LogP contribution in [0.15, 0.2) is 6.07 Å². The summed E-state index contributed by atoms with van der Waals surface area (Å²) < 4.78 is 12.1. The third-order valence-corrected chi connectivity index (χ3v) is 12.6. The smallest absolute Gasteiger partial charge is 0.410 e. The molecule has 1 saturated heterocycles. The van der Waals surface area contributed by atoms with Gasteiger partial charge in [0, 0.05) is 24.7 Å². The molecule has 0 aromatic carbocycles. The highest BCUT2D eigenvalue weighted by molar-refractivity contribution is 6.74. The average Bonchev–Trinajstić information content (AvgIpc) is 3.07. The summed E-state index contributed by atoms with van der Waals surface area (Å²) in [6.45, 7) is 22.8. The third-order valence-electron chi connectivity index (χ3n) is 8.02. The molecule has 2 atom stereocenters. The number of rotatable bonds is 6. The first-order valence-electron chi connectivity index (χ1n) is 12.5. The van der Waals surface area contributed by atoms with Crippen molar-refractivity contribution in [3.63, 3.8) is 0 Å². The molecular formula is C26H43N3O4Si. The topological polar surface area (TPSA) is 72.0 Å².